The molecule has 0 amide bonds. The van der Waals surface area contributed by atoms with Crippen LogP contribution in [0.15, 0.2) is 18.2 Å². The van der Waals surface area contributed by atoms with Gasteiger partial charge in [-0.05, 0) is 48.6 Å². The summed E-state index contributed by atoms with van der Waals surface area (Å²) < 4.78 is 28.3. The maximum Gasteiger partial charge on any atom is 0.144 e. The van der Waals surface area contributed by atoms with E-state index in [0.717, 1.165) is 36.3 Å². The minimum atomic E-state index is -0.696. The minimum Gasteiger partial charge on any atom is -0.299 e. The third-order valence-electron chi connectivity index (χ3n) is 3.53. The molecular weight excluding hydrogens is 477 g/mol. The van der Waals surface area contributed by atoms with E-state index in [1.165, 1.54) is 17.4 Å². The first kappa shape index (κ1) is 18.5. The Balaban J connectivity index is 1.79. The molecule has 0 N–H and O–H groups in total. The van der Waals surface area contributed by atoms with Crippen LogP contribution in [0.5, 0.6) is 0 Å². The van der Waals surface area contributed by atoms with E-state index < -0.39 is 11.6 Å². The zero-order chi connectivity index (χ0) is 18.1. The summed E-state index contributed by atoms with van der Waals surface area (Å²) in [5.74, 6) is -1.66. The van der Waals surface area contributed by atoms with E-state index in [2.05, 4.69) is 32.6 Å². The molecule has 0 aliphatic rings. The smallest absolute Gasteiger partial charge is 0.144 e. The van der Waals surface area contributed by atoms with Crippen LogP contribution in [-0.4, -0.2) is 15.8 Å². The van der Waals surface area contributed by atoms with Crippen molar-refractivity contribution in [3.05, 3.63) is 54.0 Å². The van der Waals surface area contributed by atoms with Crippen molar-refractivity contribution in [3.8, 4) is 10.6 Å². The molecule has 0 bridgehead atoms. The van der Waals surface area contributed by atoms with Crippen molar-refractivity contribution >= 4 is 51.0 Å². The Hall–Kier alpha value is -1.26. The molecule has 0 radical (unpaired) electrons. The van der Waals surface area contributed by atoms with Gasteiger partial charge < -0.3 is 0 Å². The van der Waals surface area contributed by atoms with E-state index >= 15 is 0 Å². The quantitative estimate of drug-likeness (QED) is 0.467. The zero-order valence-corrected chi connectivity index (χ0v) is 17.2. The Morgan fingerprint density at radius 2 is 1.80 bits per heavy atom. The van der Waals surface area contributed by atoms with Gasteiger partial charge in [-0.15, -0.1) is 22.7 Å². The average molecular weight is 490 g/mol. The molecule has 2 aromatic heterocycles. The maximum atomic E-state index is 13.7. The lowest BCUT2D eigenvalue weighted by Gasteiger charge is -2.03. The largest absolute Gasteiger partial charge is 0.299 e. The predicted molar refractivity (Wildman–Crippen MR) is 104 cm³/mol. The van der Waals surface area contributed by atoms with Crippen LogP contribution in [0.25, 0.3) is 10.6 Å². The second-order valence-corrected chi connectivity index (χ2v) is 9.57. The highest BCUT2D eigenvalue weighted by atomic mass is 127. The van der Waals surface area contributed by atoms with Crippen LogP contribution in [0.1, 0.15) is 21.3 Å². The summed E-state index contributed by atoms with van der Waals surface area (Å²) in [5, 5.41) is 1.61. The summed E-state index contributed by atoms with van der Waals surface area (Å²) in [6.45, 7) is 3.87. The molecule has 130 valence electrons. The summed E-state index contributed by atoms with van der Waals surface area (Å²) >= 11 is 5.18. The number of aryl methyl sites for hydroxylation is 2. The van der Waals surface area contributed by atoms with E-state index in [1.807, 2.05) is 13.8 Å². The van der Waals surface area contributed by atoms with Crippen molar-refractivity contribution < 1.29 is 13.6 Å². The fraction of sp³-hybridized carbons (Fsp3) is 0.235. The van der Waals surface area contributed by atoms with Crippen molar-refractivity contribution in [1.82, 2.24) is 9.97 Å². The molecule has 0 fully saturated rings. The molecule has 0 aliphatic carbocycles. The summed E-state index contributed by atoms with van der Waals surface area (Å²) in [6, 6.07) is 3.60. The molecule has 8 heteroatoms. The summed E-state index contributed by atoms with van der Waals surface area (Å²) in [4.78, 5) is 22.2. The first-order valence-electron chi connectivity index (χ1n) is 7.39. The average Bonchev–Trinajstić information content (AvgIpc) is 3.04. The third-order valence-corrected chi connectivity index (χ3v) is 6.63. The molecule has 0 atom stereocenters. The van der Waals surface area contributed by atoms with E-state index in [-0.39, 0.29) is 24.2 Å². The monoisotopic (exact) mass is 490 g/mol. The number of carbonyl (C=O) groups excluding carboxylic acids is 1. The van der Waals surface area contributed by atoms with Crippen LogP contribution in [0.3, 0.4) is 0 Å². The van der Waals surface area contributed by atoms with Gasteiger partial charge in [-0.2, -0.15) is 0 Å². The number of benzene rings is 1. The molecule has 25 heavy (non-hydrogen) atoms. The Bertz CT molecular complexity index is 932. The highest BCUT2D eigenvalue weighted by Crippen LogP contribution is 2.35. The number of halogens is 3. The van der Waals surface area contributed by atoms with Gasteiger partial charge in [0.05, 0.1) is 24.9 Å². The number of nitrogens with zero attached hydrogens (tertiary/aromatic N) is 2. The van der Waals surface area contributed by atoms with E-state index in [1.54, 1.807) is 11.3 Å². The number of ketones is 1. The van der Waals surface area contributed by atoms with Crippen LogP contribution in [-0.2, 0) is 17.6 Å². The van der Waals surface area contributed by atoms with Crippen LogP contribution in [0, 0.1) is 28.4 Å². The standard InChI is InChI=1S/C17H13F2IN2OS2/c1-8-16(24-9(2)21-8)15-17(20)25-14(22-15)7-10(23)6-11-12(18)4-3-5-13(11)19/h3-5H,6-7H2,1-2H3. The second kappa shape index (κ2) is 7.55. The molecule has 0 unspecified atom stereocenters. The van der Waals surface area contributed by atoms with Crippen molar-refractivity contribution in [1.29, 1.82) is 0 Å². The number of hydrogen-bond acceptors (Lipinski definition) is 5. The SMILES string of the molecule is Cc1nc(C)c(-c2nc(CC(=O)Cc3c(F)cccc3F)sc2I)s1. The Morgan fingerprint density at radius 1 is 1.12 bits per heavy atom. The molecule has 0 saturated heterocycles. The maximum absolute atomic E-state index is 13.7. The van der Waals surface area contributed by atoms with Gasteiger partial charge in [0.15, 0.2) is 0 Å². The van der Waals surface area contributed by atoms with Gasteiger partial charge in [-0.1, -0.05) is 6.07 Å². The number of hydrogen-bond donors (Lipinski definition) is 0. The van der Waals surface area contributed by atoms with Crippen LogP contribution >= 0.6 is 45.3 Å². The van der Waals surface area contributed by atoms with Crippen molar-refractivity contribution in [3.63, 3.8) is 0 Å². The van der Waals surface area contributed by atoms with E-state index in [4.69, 9.17) is 0 Å². The lowest BCUT2D eigenvalue weighted by Crippen LogP contribution is -2.09. The van der Waals surface area contributed by atoms with Crippen LogP contribution in [0.4, 0.5) is 8.78 Å². The van der Waals surface area contributed by atoms with E-state index in [0.29, 0.717) is 5.01 Å². The zero-order valence-electron chi connectivity index (χ0n) is 13.4. The highest BCUT2D eigenvalue weighted by Gasteiger charge is 2.19. The Kier molecular flexibility index (Phi) is 5.59. The second-order valence-electron chi connectivity index (χ2n) is 5.47. The fourth-order valence-corrected chi connectivity index (χ4v) is 5.58. The van der Waals surface area contributed by atoms with Crippen LogP contribution in [0.2, 0.25) is 0 Å². The normalized spacial score (nSPS) is 11.1. The van der Waals surface area contributed by atoms with Crippen molar-refractivity contribution in [2.45, 2.75) is 26.7 Å². The first-order chi connectivity index (χ1) is 11.8. The molecule has 3 aromatic rings. The summed E-state index contributed by atoms with van der Waals surface area (Å²) in [7, 11) is 0. The Morgan fingerprint density at radius 3 is 2.40 bits per heavy atom. The number of aromatic nitrogens is 2. The highest BCUT2D eigenvalue weighted by molar-refractivity contribution is 14.1. The van der Waals surface area contributed by atoms with Gasteiger partial charge in [0.2, 0.25) is 0 Å². The summed E-state index contributed by atoms with van der Waals surface area (Å²) in [6.07, 6.45) is -0.214. The molecule has 2 heterocycles. The van der Waals surface area contributed by atoms with Gasteiger partial charge >= 0.3 is 0 Å². The minimum absolute atomic E-state index is 0.0608. The first-order valence-corrected chi connectivity index (χ1v) is 10.1. The summed E-state index contributed by atoms with van der Waals surface area (Å²) in [5.41, 5.74) is 1.55. The van der Waals surface area contributed by atoms with Gasteiger partial charge in [-0.25, -0.2) is 18.7 Å². The predicted octanol–water partition coefficient (Wildman–Crippen LogP) is 5.12. The molecular formula is C17H13F2IN2OS2. The van der Waals surface area contributed by atoms with Crippen LogP contribution < -0.4 is 0 Å². The third kappa shape index (κ3) is 4.12. The molecule has 0 saturated carbocycles. The molecule has 1 aromatic carbocycles. The lowest BCUT2D eigenvalue weighted by atomic mass is 10.1. The number of rotatable bonds is 5. The Labute approximate surface area is 165 Å². The fourth-order valence-electron chi connectivity index (χ4n) is 2.44. The molecule has 0 spiro atoms. The molecule has 0 aliphatic heterocycles. The number of carbonyl (C=O) groups is 1. The molecule has 3 rings (SSSR count). The number of Topliss-reactive ketones (excluding diaryl/α,β-unsaturated/α-hetero) is 1. The van der Waals surface area contributed by atoms with Gasteiger partial charge in [0.1, 0.15) is 28.1 Å². The topological polar surface area (TPSA) is 42.9 Å². The number of thiazole rings is 2. The molecule has 3 nitrogen and oxygen atoms in total. The lowest BCUT2D eigenvalue weighted by molar-refractivity contribution is -0.117. The van der Waals surface area contributed by atoms with Crippen molar-refractivity contribution in [2.75, 3.05) is 0 Å². The van der Waals surface area contributed by atoms with Crippen molar-refractivity contribution in [2.24, 2.45) is 0 Å². The van der Waals surface area contributed by atoms with E-state index in [9.17, 15) is 13.6 Å². The van der Waals surface area contributed by atoms with Gasteiger partial charge in [0.25, 0.3) is 0 Å². The van der Waals surface area contributed by atoms with Gasteiger partial charge in [-0.3, -0.25) is 4.79 Å². The van der Waals surface area contributed by atoms with Gasteiger partial charge in [0, 0.05) is 12.0 Å².